The summed E-state index contributed by atoms with van der Waals surface area (Å²) < 4.78 is 0. The van der Waals surface area contributed by atoms with Crippen molar-refractivity contribution < 1.29 is 14.4 Å². The SMILES string of the molecule is O=CC(=O)C(=O)N1C=CSC1. The zero-order valence-corrected chi connectivity index (χ0v) is 6.34. The second kappa shape index (κ2) is 3.34. The second-order valence-electron chi connectivity index (χ2n) is 1.84. The molecule has 5 heteroatoms. The summed E-state index contributed by atoms with van der Waals surface area (Å²) in [5, 5.41) is 1.69. The van der Waals surface area contributed by atoms with Gasteiger partial charge in [-0.1, -0.05) is 0 Å². The molecule has 0 N–H and O–H groups in total. The van der Waals surface area contributed by atoms with Crippen LogP contribution in [0.1, 0.15) is 0 Å². The smallest absolute Gasteiger partial charge is 0.301 e. The summed E-state index contributed by atoms with van der Waals surface area (Å²) in [6.45, 7) is 0. The monoisotopic (exact) mass is 171 g/mol. The molecule has 0 saturated heterocycles. The van der Waals surface area contributed by atoms with Crippen LogP contribution in [0.4, 0.5) is 0 Å². The summed E-state index contributed by atoms with van der Waals surface area (Å²) in [5.74, 6) is -1.35. The van der Waals surface area contributed by atoms with E-state index in [0.717, 1.165) is 0 Å². The molecule has 1 amide bonds. The number of hydrogen-bond acceptors (Lipinski definition) is 4. The largest absolute Gasteiger partial charge is 0.302 e. The van der Waals surface area contributed by atoms with E-state index in [4.69, 9.17) is 0 Å². The van der Waals surface area contributed by atoms with Crippen LogP contribution in [0.25, 0.3) is 0 Å². The summed E-state index contributed by atoms with van der Waals surface area (Å²) in [4.78, 5) is 32.4. The van der Waals surface area contributed by atoms with E-state index in [1.807, 2.05) is 0 Å². The van der Waals surface area contributed by atoms with Gasteiger partial charge in [0.2, 0.25) is 0 Å². The first-order valence-electron chi connectivity index (χ1n) is 2.84. The molecule has 0 unspecified atom stereocenters. The number of Topliss-reactive ketones (excluding diaryl/α,β-unsaturated/α-hetero) is 1. The number of ketones is 1. The van der Waals surface area contributed by atoms with Crippen molar-refractivity contribution in [2.45, 2.75) is 0 Å². The Hall–Kier alpha value is -1.10. The average Bonchev–Trinajstić information content (AvgIpc) is 2.53. The van der Waals surface area contributed by atoms with Gasteiger partial charge >= 0.3 is 5.91 Å². The topological polar surface area (TPSA) is 54.5 Å². The minimum atomic E-state index is -1.00. The molecule has 1 aliphatic heterocycles. The van der Waals surface area contributed by atoms with E-state index in [2.05, 4.69) is 0 Å². The van der Waals surface area contributed by atoms with Crippen LogP contribution in [0.2, 0.25) is 0 Å². The molecule has 0 radical (unpaired) electrons. The summed E-state index contributed by atoms with van der Waals surface area (Å²) in [7, 11) is 0. The van der Waals surface area contributed by atoms with Crippen molar-refractivity contribution in [2.24, 2.45) is 0 Å². The number of rotatable bonds is 2. The molecule has 0 fully saturated rings. The highest BCUT2D eigenvalue weighted by Gasteiger charge is 2.20. The Morgan fingerprint density at radius 1 is 1.55 bits per heavy atom. The molecule has 0 aromatic carbocycles. The van der Waals surface area contributed by atoms with Crippen LogP contribution >= 0.6 is 11.8 Å². The quantitative estimate of drug-likeness (QED) is 0.327. The maximum Gasteiger partial charge on any atom is 0.302 e. The molecule has 4 nitrogen and oxygen atoms in total. The minimum absolute atomic E-state index is 0.0269. The fraction of sp³-hybridized carbons (Fsp3) is 0.167. The lowest BCUT2D eigenvalue weighted by Gasteiger charge is -2.07. The van der Waals surface area contributed by atoms with Gasteiger partial charge < -0.3 is 4.90 Å². The maximum absolute atomic E-state index is 10.9. The zero-order chi connectivity index (χ0) is 8.27. The Bertz CT molecular complexity index is 236. The molecule has 0 atom stereocenters. The Morgan fingerprint density at radius 2 is 2.27 bits per heavy atom. The highest BCUT2D eigenvalue weighted by Crippen LogP contribution is 2.14. The molecule has 0 aromatic heterocycles. The molecule has 58 valence electrons. The lowest BCUT2D eigenvalue weighted by atomic mass is 10.4. The Labute approximate surface area is 67.2 Å². The van der Waals surface area contributed by atoms with Crippen LogP contribution in [0.3, 0.4) is 0 Å². The van der Waals surface area contributed by atoms with E-state index in [-0.39, 0.29) is 6.29 Å². The molecular weight excluding hydrogens is 166 g/mol. The Balaban J connectivity index is 2.60. The summed E-state index contributed by atoms with van der Waals surface area (Å²) in [5.41, 5.74) is 0. The number of aldehydes is 1. The van der Waals surface area contributed by atoms with Crippen molar-refractivity contribution in [1.29, 1.82) is 0 Å². The number of carbonyl (C=O) groups excluding carboxylic acids is 3. The number of carbonyl (C=O) groups is 3. The van der Waals surface area contributed by atoms with Gasteiger partial charge in [0.15, 0.2) is 6.29 Å². The van der Waals surface area contributed by atoms with Gasteiger partial charge in [-0.25, -0.2) is 0 Å². The number of nitrogens with zero attached hydrogens (tertiary/aromatic N) is 1. The number of amides is 1. The maximum atomic E-state index is 10.9. The van der Waals surface area contributed by atoms with Crippen molar-refractivity contribution in [1.82, 2.24) is 4.90 Å². The van der Waals surface area contributed by atoms with E-state index < -0.39 is 11.7 Å². The molecule has 11 heavy (non-hydrogen) atoms. The molecule has 0 spiro atoms. The summed E-state index contributed by atoms with van der Waals surface area (Å²) in [6.07, 6.45) is 1.51. The van der Waals surface area contributed by atoms with Crippen molar-refractivity contribution in [2.75, 3.05) is 5.88 Å². The van der Waals surface area contributed by atoms with E-state index in [0.29, 0.717) is 5.88 Å². The minimum Gasteiger partial charge on any atom is -0.301 e. The molecule has 1 heterocycles. The van der Waals surface area contributed by atoms with Crippen LogP contribution < -0.4 is 0 Å². The van der Waals surface area contributed by atoms with Crippen LogP contribution in [-0.4, -0.2) is 28.8 Å². The second-order valence-corrected chi connectivity index (χ2v) is 2.70. The van der Waals surface area contributed by atoms with E-state index >= 15 is 0 Å². The Kier molecular flexibility index (Phi) is 2.43. The molecule has 0 bridgehead atoms. The van der Waals surface area contributed by atoms with E-state index in [9.17, 15) is 14.4 Å². The van der Waals surface area contributed by atoms with E-state index in [1.54, 1.807) is 5.41 Å². The van der Waals surface area contributed by atoms with Crippen molar-refractivity contribution >= 4 is 29.7 Å². The number of hydrogen-bond donors (Lipinski definition) is 0. The first-order valence-corrected chi connectivity index (χ1v) is 3.89. The van der Waals surface area contributed by atoms with Crippen LogP contribution in [-0.2, 0) is 14.4 Å². The predicted octanol–water partition coefficient (Wildman–Crippen LogP) is -0.242. The lowest BCUT2D eigenvalue weighted by Crippen LogP contribution is -2.31. The summed E-state index contributed by atoms with van der Waals surface area (Å²) in [6, 6.07) is 0. The molecular formula is C6H5NO3S. The first kappa shape index (κ1) is 8.00. The van der Waals surface area contributed by atoms with E-state index in [1.165, 1.54) is 22.9 Å². The van der Waals surface area contributed by atoms with Gasteiger partial charge in [0.1, 0.15) is 0 Å². The first-order chi connectivity index (χ1) is 5.25. The number of thioether (sulfide) groups is 1. The van der Waals surface area contributed by atoms with Gasteiger partial charge in [0.25, 0.3) is 5.78 Å². The van der Waals surface area contributed by atoms with Crippen molar-refractivity contribution in [3.63, 3.8) is 0 Å². The third-order valence-corrected chi connectivity index (χ3v) is 1.87. The lowest BCUT2D eigenvalue weighted by molar-refractivity contribution is -0.144. The van der Waals surface area contributed by atoms with Gasteiger partial charge in [-0.2, -0.15) is 0 Å². The molecule has 1 aliphatic rings. The molecule has 0 aliphatic carbocycles. The standard InChI is InChI=1S/C6H5NO3S/c8-3-5(9)6(10)7-1-2-11-4-7/h1-3H,4H2. The fourth-order valence-electron chi connectivity index (χ4n) is 0.601. The molecule has 1 rings (SSSR count). The zero-order valence-electron chi connectivity index (χ0n) is 5.52. The predicted molar refractivity (Wildman–Crippen MR) is 39.5 cm³/mol. The third kappa shape index (κ3) is 1.68. The van der Waals surface area contributed by atoms with Crippen molar-refractivity contribution in [3.8, 4) is 0 Å². The Morgan fingerprint density at radius 3 is 2.73 bits per heavy atom. The van der Waals surface area contributed by atoms with Crippen LogP contribution in [0, 0.1) is 0 Å². The highest BCUT2D eigenvalue weighted by atomic mass is 32.2. The van der Waals surface area contributed by atoms with Gasteiger partial charge in [0.05, 0.1) is 5.88 Å². The van der Waals surface area contributed by atoms with Crippen LogP contribution in [0.5, 0.6) is 0 Å². The molecule has 0 saturated carbocycles. The van der Waals surface area contributed by atoms with Crippen molar-refractivity contribution in [3.05, 3.63) is 11.6 Å². The fourth-order valence-corrected chi connectivity index (χ4v) is 1.28. The van der Waals surface area contributed by atoms with Crippen LogP contribution in [0.15, 0.2) is 11.6 Å². The average molecular weight is 171 g/mol. The summed E-state index contributed by atoms with van der Waals surface area (Å²) >= 11 is 1.39. The normalized spacial score (nSPS) is 15.1. The van der Waals surface area contributed by atoms with Gasteiger partial charge in [-0.3, -0.25) is 14.4 Å². The molecule has 0 aromatic rings. The van der Waals surface area contributed by atoms with Gasteiger partial charge in [-0.15, -0.1) is 11.8 Å². The highest BCUT2D eigenvalue weighted by molar-refractivity contribution is 8.02. The third-order valence-electron chi connectivity index (χ3n) is 1.13. The van der Waals surface area contributed by atoms with Gasteiger partial charge in [-0.05, 0) is 5.41 Å². The van der Waals surface area contributed by atoms with Gasteiger partial charge in [0, 0.05) is 6.20 Å².